The van der Waals surface area contributed by atoms with E-state index in [1.54, 1.807) is 6.92 Å². The van der Waals surface area contributed by atoms with E-state index in [2.05, 4.69) is 5.16 Å². The van der Waals surface area contributed by atoms with Gasteiger partial charge in [-0.25, -0.2) is 0 Å². The molecule has 0 radical (unpaired) electrons. The van der Waals surface area contributed by atoms with Gasteiger partial charge in [-0.2, -0.15) is 0 Å². The van der Waals surface area contributed by atoms with Crippen LogP contribution < -0.4 is 0 Å². The number of ether oxygens (including phenoxy) is 1. The van der Waals surface area contributed by atoms with E-state index < -0.39 is 0 Å². The van der Waals surface area contributed by atoms with Gasteiger partial charge in [0.25, 0.3) is 11.8 Å². The molecule has 2 amide bonds. The number of amides is 2. The van der Waals surface area contributed by atoms with E-state index in [4.69, 9.17) is 9.26 Å². The summed E-state index contributed by atoms with van der Waals surface area (Å²) >= 11 is 0. The highest BCUT2D eigenvalue weighted by Crippen LogP contribution is 2.44. The van der Waals surface area contributed by atoms with Crippen molar-refractivity contribution in [2.24, 2.45) is 11.3 Å². The predicted octanol–water partition coefficient (Wildman–Crippen LogP) is 3.55. The van der Waals surface area contributed by atoms with Gasteiger partial charge in [0.2, 0.25) is 0 Å². The van der Waals surface area contributed by atoms with Gasteiger partial charge in [-0.05, 0) is 62.5 Å². The number of benzene rings is 1. The van der Waals surface area contributed by atoms with Gasteiger partial charge < -0.3 is 19.1 Å². The highest BCUT2D eigenvalue weighted by Gasteiger charge is 2.48. The van der Waals surface area contributed by atoms with Gasteiger partial charge in [-0.15, -0.1) is 0 Å². The van der Waals surface area contributed by atoms with Crippen LogP contribution in [0.1, 0.15) is 58.5 Å². The average Bonchev–Trinajstić information content (AvgIpc) is 3.44. The molecule has 1 aromatic carbocycles. The zero-order chi connectivity index (χ0) is 22.1. The summed E-state index contributed by atoms with van der Waals surface area (Å²) in [6.07, 6.45) is 6.67. The second-order valence-corrected chi connectivity index (χ2v) is 9.74. The van der Waals surface area contributed by atoms with Crippen molar-refractivity contribution in [1.29, 1.82) is 0 Å². The minimum atomic E-state index is -0.0156. The molecule has 0 bridgehead atoms. The lowest BCUT2D eigenvalue weighted by molar-refractivity contribution is 0.0506. The molecule has 0 unspecified atom stereocenters. The third kappa shape index (κ3) is 4.31. The van der Waals surface area contributed by atoms with Gasteiger partial charge >= 0.3 is 0 Å². The number of carbonyl (C=O) groups is 2. The molecule has 5 rings (SSSR count). The molecule has 1 atom stereocenters. The molecule has 3 aliphatic rings. The number of nitrogens with zero attached hydrogens (tertiary/aromatic N) is 3. The number of hydrogen-bond donors (Lipinski definition) is 0. The van der Waals surface area contributed by atoms with Crippen molar-refractivity contribution in [2.45, 2.75) is 45.1 Å². The lowest BCUT2D eigenvalue weighted by Gasteiger charge is -2.39. The molecule has 2 aromatic rings. The van der Waals surface area contributed by atoms with E-state index in [-0.39, 0.29) is 23.3 Å². The first-order valence-electron chi connectivity index (χ1n) is 11.7. The monoisotopic (exact) mass is 437 g/mol. The van der Waals surface area contributed by atoms with Gasteiger partial charge in [0.1, 0.15) is 11.8 Å². The van der Waals surface area contributed by atoms with Crippen molar-refractivity contribution in [1.82, 2.24) is 15.0 Å². The minimum absolute atomic E-state index is 0.0156. The van der Waals surface area contributed by atoms with Gasteiger partial charge in [-0.1, -0.05) is 23.4 Å². The van der Waals surface area contributed by atoms with Gasteiger partial charge in [0, 0.05) is 31.8 Å². The number of likely N-dealkylation sites (tertiary alicyclic amines) is 2. The Morgan fingerprint density at radius 2 is 1.88 bits per heavy atom. The zero-order valence-electron chi connectivity index (χ0n) is 18.7. The molecule has 2 aliphatic heterocycles. The Bertz CT molecular complexity index is 961. The van der Waals surface area contributed by atoms with E-state index in [9.17, 15) is 9.59 Å². The maximum Gasteiger partial charge on any atom is 0.259 e. The van der Waals surface area contributed by atoms with Crippen molar-refractivity contribution in [3.8, 4) is 0 Å². The van der Waals surface area contributed by atoms with Crippen LogP contribution in [-0.2, 0) is 4.74 Å². The molecule has 0 N–H and O–H groups in total. The van der Waals surface area contributed by atoms with Crippen LogP contribution in [0.25, 0.3) is 0 Å². The Balaban J connectivity index is 1.27. The van der Waals surface area contributed by atoms with Crippen LogP contribution in [-0.4, -0.2) is 65.7 Å². The topological polar surface area (TPSA) is 75.9 Å². The largest absolute Gasteiger partial charge is 0.379 e. The number of piperidine rings is 1. The van der Waals surface area contributed by atoms with E-state index in [1.165, 1.54) is 19.1 Å². The molecular weight excluding hydrogens is 406 g/mol. The van der Waals surface area contributed by atoms with Crippen molar-refractivity contribution in [2.75, 3.05) is 32.8 Å². The van der Waals surface area contributed by atoms with Crippen molar-refractivity contribution in [3.63, 3.8) is 0 Å². The molecule has 2 saturated heterocycles. The van der Waals surface area contributed by atoms with Gasteiger partial charge in [0.15, 0.2) is 0 Å². The Morgan fingerprint density at radius 3 is 2.53 bits per heavy atom. The molecule has 1 saturated carbocycles. The highest BCUT2D eigenvalue weighted by molar-refractivity contribution is 5.95. The molecular formula is C25H31N3O4. The number of aryl methyl sites for hydroxylation is 1. The highest BCUT2D eigenvalue weighted by atomic mass is 16.5. The normalized spacial score (nSPS) is 22.5. The van der Waals surface area contributed by atoms with Gasteiger partial charge in [0.05, 0.1) is 18.3 Å². The minimum Gasteiger partial charge on any atom is -0.379 e. The maximum atomic E-state index is 13.3. The zero-order valence-corrected chi connectivity index (χ0v) is 18.7. The van der Waals surface area contributed by atoms with Crippen LogP contribution in [0.5, 0.6) is 0 Å². The van der Waals surface area contributed by atoms with Crippen LogP contribution in [0.2, 0.25) is 0 Å². The summed E-state index contributed by atoms with van der Waals surface area (Å²) in [7, 11) is 0. The standard InChI is InChI=1S/C25H31N3O4/c1-18-22(16-32-26-18)24(30)27-11-9-25(10-12-27)13-21(15-31-14-19-7-8-19)28(17-25)23(29)20-5-3-2-4-6-20/h2-6,16,19,21H,7-15,17H2,1H3/t21-/m1/s1. The molecule has 32 heavy (non-hydrogen) atoms. The van der Waals surface area contributed by atoms with E-state index in [0.717, 1.165) is 38.0 Å². The van der Waals surface area contributed by atoms with Crippen molar-refractivity contribution in [3.05, 3.63) is 53.4 Å². The Hall–Kier alpha value is -2.67. The Labute approximate surface area is 188 Å². The molecule has 7 nitrogen and oxygen atoms in total. The van der Waals surface area contributed by atoms with Gasteiger partial charge in [-0.3, -0.25) is 9.59 Å². The van der Waals surface area contributed by atoms with E-state index in [1.807, 2.05) is 40.1 Å². The van der Waals surface area contributed by atoms with E-state index in [0.29, 0.717) is 36.9 Å². The third-order valence-corrected chi connectivity index (χ3v) is 7.35. The first kappa shape index (κ1) is 21.2. The van der Waals surface area contributed by atoms with E-state index >= 15 is 0 Å². The lowest BCUT2D eigenvalue weighted by atomic mass is 9.76. The average molecular weight is 438 g/mol. The number of aromatic nitrogens is 1. The second kappa shape index (κ2) is 8.70. The number of hydrogen-bond acceptors (Lipinski definition) is 5. The van der Waals surface area contributed by atoms with Crippen LogP contribution in [0.4, 0.5) is 0 Å². The van der Waals surface area contributed by atoms with Crippen LogP contribution in [0.3, 0.4) is 0 Å². The molecule has 1 aliphatic carbocycles. The Morgan fingerprint density at radius 1 is 1.12 bits per heavy atom. The number of carbonyl (C=O) groups excluding carboxylic acids is 2. The van der Waals surface area contributed by atoms with Crippen LogP contribution in [0, 0.1) is 18.3 Å². The molecule has 170 valence electrons. The first-order valence-corrected chi connectivity index (χ1v) is 11.7. The summed E-state index contributed by atoms with van der Waals surface area (Å²) in [5.41, 5.74) is 1.94. The fourth-order valence-corrected chi connectivity index (χ4v) is 5.17. The van der Waals surface area contributed by atoms with Crippen molar-refractivity contribution >= 4 is 11.8 Å². The van der Waals surface area contributed by atoms with Crippen LogP contribution in [0.15, 0.2) is 41.1 Å². The molecule has 7 heteroatoms. The quantitative estimate of drug-likeness (QED) is 0.691. The molecule has 3 fully saturated rings. The summed E-state index contributed by atoms with van der Waals surface area (Å²) in [4.78, 5) is 30.1. The molecule has 1 aromatic heterocycles. The summed E-state index contributed by atoms with van der Waals surface area (Å²) < 4.78 is 11.0. The SMILES string of the molecule is Cc1nocc1C(=O)N1CCC2(CC1)C[C@H](COCC1CC1)N(C(=O)c1ccccc1)C2. The Kier molecular flexibility index (Phi) is 5.76. The summed E-state index contributed by atoms with van der Waals surface area (Å²) in [6, 6.07) is 9.62. The third-order valence-electron chi connectivity index (χ3n) is 7.35. The molecule has 3 heterocycles. The number of rotatable bonds is 6. The summed E-state index contributed by atoms with van der Waals surface area (Å²) in [5, 5.41) is 3.84. The summed E-state index contributed by atoms with van der Waals surface area (Å²) in [5.74, 6) is 0.776. The fourth-order valence-electron chi connectivity index (χ4n) is 5.17. The maximum absolute atomic E-state index is 13.3. The second-order valence-electron chi connectivity index (χ2n) is 9.74. The smallest absolute Gasteiger partial charge is 0.259 e. The van der Waals surface area contributed by atoms with Crippen molar-refractivity contribution < 1.29 is 18.8 Å². The molecule has 1 spiro atoms. The fraction of sp³-hybridized carbons (Fsp3) is 0.560. The first-order chi connectivity index (χ1) is 15.5. The predicted molar refractivity (Wildman–Crippen MR) is 118 cm³/mol. The lowest BCUT2D eigenvalue weighted by Crippen LogP contribution is -2.45. The summed E-state index contributed by atoms with van der Waals surface area (Å²) in [6.45, 7) is 5.29. The van der Waals surface area contributed by atoms with Crippen LogP contribution >= 0.6 is 0 Å².